The number of likely N-dealkylation sites (tertiary alicyclic amines) is 1. The Morgan fingerprint density at radius 3 is 2.57 bits per heavy atom. The van der Waals surface area contributed by atoms with Gasteiger partial charge in [0.2, 0.25) is 0 Å². The monoisotopic (exact) mass is 293 g/mol. The summed E-state index contributed by atoms with van der Waals surface area (Å²) in [4.78, 5) is 8.33. The third kappa shape index (κ3) is 3.62. The lowest BCUT2D eigenvalue weighted by Crippen LogP contribution is -2.60. The van der Waals surface area contributed by atoms with Crippen LogP contribution < -0.4 is 0 Å². The molecule has 0 N–H and O–H groups in total. The van der Waals surface area contributed by atoms with Crippen LogP contribution >= 0.6 is 0 Å². The van der Waals surface area contributed by atoms with Gasteiger partial charge in [-0.15, -0.1) is 0 Å². The first-order valence-electron chi connectivity index (χ1n) is 9.39. The van der Waals surface area contributed by atoms with Crippen molar-refractivity contribution in [2.45, 2.75) is 71.0 Å². The summed E-state index contributed by atoms with van der Waals surface area (Å²) in [6, 6.07) is 2.41. The van der Waals surface area contributed by atoms with Crippen molar-refractivity contribution in [1.82, 2.24) is 14.7 Å². The third-order valence-electron chi connectivity index (χ3n) is 6.17. The summed E-state index contributed by atoms with van der Waals surface area (Å²) >= 11 is 0. The summed E-state index contributed by atoms with van der Waals surface area (Å²) in [5.41, 5.74) is 0. The van der Waals surface area contributed by atoms with E-state index in [1.165, 1.54) is 71.4 Å². The second-order valence-electron chi connectivity index (χ2n) is 7.90. The molecule has 0 bridgehead atoms. The van der Waals surface area contributed by atoms with Gasteiger partial charge in [0.15, 0.2) is 0 Å². The summed E-state index contributed by atoms with van der Waals surface area (Å²) in [6.45, 7) is 15.1. The van der Waals surface area contributed by atoms with Crippen LogP contribution in [0.3, 0.4) is 0 Å². The predicted octanol–water partition coefficient (Wildman–Crippen LogP) is 2.67. The minimum atomic E-state index is 0.729. The van der Waals surface area contributed by atoms with E-state index in [1.807, 2.05) is 0 Å². The maximum absolute atomic E-state index is 2.86. The first-order valence-corrected chi connectivity index (χ1v) is 9.39. The van der Waals surface area contributed by atoms with Crippen molar-refractivity contribution in [3.63, 3.8) is 0 Å². The van der Waals surface area contributed by atoms with Gasteiger partial charge in [-0.05, 0) is 58.5 Å². The van der Waals surface area contributed by atoms with Gasteiger partial charge in [-0.1, -0.05) is 13.3 Å². The van der Waals surface area contributed by atoms with E-state index in [4.69, 9.17) is 0 Å². The Bertz CT molecular complexity index is 330. The van der Waals surface area contributed by atoms with Crippen LogP contribution in [0.1, 0.15) is 52.9 Å². The lowest BCUT2D eigenvalue weighted by molar-refractivity contribution is 0.000514. The normalized spacial score (nSPS) is 36.3. The standard InChI is InChI=1S/C18H35N3/c1-4-17-13-20-9-6-5-7-18(20)14-21(17)12-16-8-10-19(11-16)15(2)3/h15-18H,4-14H2,1-3H3. The highest BCUT2D eigenvalue weighted by molar-refractivity contribution is 4.92. The molecule has 0 radical (unpaired) electrons. The molecule has 0 spiro atoms. The Labute approximate surface area is 131 Å². The van der Waals surface area contributed by atoms with E-state index in [1.54, 1.807) is 0 Å². The van der Waals surface area contributed by atoms with Gasteiger partial charge in [0.05, 0.1) is 0 Å². The second kappa shape index (κ2) is 6.97. The average molecular weight is 293 g/mol. The van der Waals surface area contributed by atoms with E-state index in [9.17, 15) is 0 Å². The van der Waals surface area contributed by atoms with Crippen LogP contribution in [0.5, 0.6) is 0 Å². The fourth-order valence-electron chi connectivity index (χ4n) is 4.74. The molecule has 0 aromatic heterocycles. The van der Waals surface area contributed by atoms with Crippen LogP contribution in [0.25, 0.3) is 0 Å². The molecule has 3 atom stereocenters. The highest BCUT2D eigenvalue weighted by atomic mass is 15.3. The SMILES string of the molecule is CCC1CN2CCCCC2CN1CC1CCN(C(C)C)C1. The van der Waals surface area contributed by atoms with Gasteiger partial charge in [-0.2, -0.15) is 0 Å². The van der Waals surface area contributed by atoms with Crippen molar-refractivity contribution in [1.29, 1.82) is 0 Å². The van der Waals surface area contributed by atoms with Crippen molar-refractivity contribution >= 4 is 0 Å². The number of piperazine rings is 1. The molecule has 3 unspecified atom stereocenters. The van der Waals surface area contributed by atoms with E-state index >= 15 is 0 Å². The van der Waals surface area contributed by atoms with Crippen LogP contribution in [0.2, 0.25) is 0 Å². The predicted molar refractivity (Wildman–Crippen MR) is 89.7 cm³/mol. The molecule has 0 aromatic rings. The zero-order chi connectivity index (χ0) is 14.8. The Hall–Kier alpha value is -0.120. The summed E-state index contributed by atoms with van der Waals surface area (Å²) in [5, 5.41) is 0. The fraction of sp³-hybridized carbons (Fsp3) is 1.00. The Kier molecular flexibility index (Phi) is 5.23. The molecule has 0 aliphatic carbocycles. The Morgan fingerprint density at radius 1 is 1.00 bits per heavy atom. The molecule has 3 aliphatic heterocycles. The first kappa shape index (κ1) is 15.8. The maximum atomic E-state index is 2.86. The Morgan fingerprint density at radius 2 is 1.86 bits per heavy atom. The average Bonchev–Trinajstić information content (AvgIpc) is 2.95. The van der Waals surface area contributed by atoms with Crippen LogP contribution in [-0.2, 0) is 0 Å². The van der Waals surface area contributed by atoms with Gasteiger partial charge in [0.25, 0.3) is 0 Å². The van der Waals surface area contributed by atoms with Crippen LogP contribution in [-0.4, -0.2) is 72.1 Å². The van der Waals surface area contributed by atoms with Gasteiger partial charge >= 0.3 is 0 Å². The van der Waals surface area contributed by atoms with Crippen molar-refractivity contribution < 1.29 is 0 Å². The molecule has 3 saturated heterocycles. The molecular weight excluding hydrogens is 258 g/mol. The highest BCUT2D eigenvalue weighted by Crippen LogP contribution is 2.28. The van der Waals surface area contributed by atoms with Crippen molar-refractivity contribution in [3.8, 4) is 0 Å². The van der Waals surface area contributed by atoms with Crippen molar-refractivity contribution in [2.24, 2.45) is 5.92 Å². The summed E-state index contributed by atoms with van der Waals surface area (Å²) in [5.74, 6) is 0.914. The number of piperidine rings is 1. The molecule has 3 nitrogen and oxygen atoms in total. The van der Waals surface area contributed by atoms with E-state index in [-0.39, 0.29) is 0 Å². The lowest BCUT2D eigenvalue weighted by atomic mass is 9.94. The highest BCUT2D eigenvalue weighted by Gasteiger charge is 2.36. The molecule has 0 amide bonds. The largest absolute Gasteiger partial charge is 0.301 e. The zero-order valence-electron chi connectivity index (χ0n) is 14.4. The number of rotatable bonds is 4. The number of nitrogens with zero attached hydrogens (tertiary/aromatic N) is 3. The summed E-state index contributed by atoms with van der Waals surface area (Å²) in [6.07, 6.45) is 7.06. The molecule has 3 heterocycles. The molecule has 21 heavy (non-hydrogen) atoms. The Balaban J connectivity index is 1.56. The molecule has 3 heteroatoms. The maximum Gasteiger partial charge on any atom is 0.0223 e. The molecular formula is C18H35N3. The first-order chi connectivity index (χ1) is 10.2. The fourth-order valence-corrected chi connectivity index (χ4v) is 4.74. The number of fused-ring (bicyclic) bond motifs is 1. The molecule has 0 aromatic carbocycles. The number of hydrogen-bond donors (Lipinski definition) is 0. The van der Waals surface area contributed by atoms with Crippen LogP contribution in [0.4, 0.5) is 0 Å². The smallest absolute Gasteiger partial charge is 0.0223 e. The molecule has 3 aliphatic rings. The molecule has 3 rings (SSSR count). The van der Waals surface area contributed by atoms with E-state index in [0.29, 0.717) is 0 Å². The van der Waals surface area contributed by atoms with Crippen LogP contribution in [0.15, 0.2) is 0 Å². The molecule has 3 fully saturated rings. The quantitative estimate of drug-likeness (QED) is 0.789. The summed E-state index contributed by atoms with van der Waals surface area (Å²) < 4.78 is 0. The lowest BCUT2D eigenvalue weighted by Gasteiger charge is -2.49. The van der Waals surface area contributed by atoms with Crippen LogP contribution in [0, 0.1) is 5.92 Å². The van der Waals surface area contributed by atoms with Gasteiger partial charge in [0, 0.05) is 44.3 Å². The minimum absolute atomic E-state index is 0.729. The molecule has 0 saturated carbocycles. The van der Waals surface area contributed by atoms with Gasteiger partial charge in [-0.3, -0.25) is 9.80 Å². The van der Waals surface area contributed by atoms with E-state index in [0.717, 1.165) is 24.0 Å². The zero-order valence-corrected chi connectivity index (χ0v) is 14.4. The van der Waals surface area contributed by atoms with Crippen molar-refractivity contribution in [2.75, 3.05) is 39.3 Å². The third-order valence-corrected chi connectivity index (χ3v) is 6.17. The van der Waals surface area contributed by atoms with E-state index in [2.05, 4.69) is 35.5 Å². The second-order valence-corrected chi connectivity index (χ2v) is 7.90. The van der Waals surface area contributed by atoms with E-state index < -0.39 is 0 Å². The van der Waals surface area contributed by atoms with Gasteiger partial charge < -0.3 is 4.90 Å². The van der Waals surface area contributed by atoms with Crippen molar-refractivity contribution in [3.05, 3.63) is 0 Å². The molecule has 122 valence electrons. The number of hydrogen-bond acceptors (Lipinski definition) is 3. The minimum Gasteiger partial charge on any atom is -0.301 e. The summed E-state index contributed by atoms with van der Waals surface area (Å²) in [7, 11) is 0. The van der Waals surface area contributed by atoms with Gasteiger partial charge in [0.1, 0.15) is 0 Å². The van der Waals surface area contributed by atoms with Gasteiger partial charge in [-0.25, -0.2) is 0 Å². The topological polar surface area (TPSA) is 9.72 Å².